The molecule has 2 nitrogen and oxygen atoms in total. The van der Waals surface area contributed by atoms with Crippen molar-refractivity contribution in [3.05, 3.63) is 119 Å². The second-order valence-corrected chi connectivity index (χ2v) is 7.13. The summed E-state index contributed by atoms with van der Waals surface area (Å²) >= 11 is 0. The van der Waals surface area contributed by atoms with Crippen LogP contribution in [0, 0.1) is 22.7 Å². The van der Waals surface area contributed by atoms with E-state index in [1.165, 1.54) is 5.57 Å². The van der Waals surface area contributed by atoms with E-state index >= 15 is 0 Å². The molecule has 142 valence electrons. The van der Waals surface area contributed by atoms with Crippen molar-refractivity contribution in [3.8, 4) is 23.3 Å². The van der Waals surface area contributed by atoms with Crippen LogP contribution in [-0.4, -0.2) is 0 Å². The fraction of sp³-hybridized carbons (Fsp3) is 0.0714. The SMILES string of the molecule is N#CC(C#N)=C(c1ccc(C2=CCCC=C2)cc1)c1ccc(-c2ccccc2)cc1. The Hall–Kier alpha value is -4.14. The maximum atomic E-state index is 9.56. The van der Waals surface area contributed by atoms with Gasteiger partial charge in [-0.1, -0.05) is 97.1 Å². The van der Waals surface area contributed by atoms with Gasteiger partial charge < -0.3 is 0 Å². The van der Waals surface area contributed by atoms with E-state index in [0.29, 0.717) is 5.57 Å². The Labute approximate surface area is 177 Å². The summed E-state index contributed by atoms with van der Waals surface area (Å²) in [5, 5.41) is 19.1. The quantitative estimate of drug-likeness (QED) is 0.458. The van der Waals surface area contributed by atoms with Crippen LogP contribution < -0.4 is 0 Å². The van der Waals surface area contributed by atoms with Gasteiger partial charge in [0.1, 0.15) is 17.7 Å². The van der Waals surface area contributed by atoms with Crippen molar-refractivity contribution in [2.75, 3.05) is 0 Å². The molecule has 0 bridgehead atoms. The molecule has 3 aromatic carbocycles. The molecule has 1 aliphatic rings. The number of nitrogens with zero attached hydrogens (tertiary/aromatic N) is 2. The Kier molecular flexibility index (Phi) is 5.70. The van der Waals surface area contributed by atoms with E-state index < -0.39 is 0 Å². The molecule has 2 heteroatoms. The van der Waals surface area contributed by atoms with E-state index in [4.69, 9.17) is 0 Å². The maximum Gasteiger partial charge on any atom is 0.138 e. The van der Waals surface area contributed by atoms with Gasteiger partial charge in [0.2, 0.25) is 0 Å². The minimum Gasteiger partial charge on any atom is -0.192 e. The Morgan fingerprint density at radius 1 is 0.633 bits per heavy atom. The number of benzene rings is 3. The predicted octanol–water partition coefficient (Wildman–Crippen LogP) is 6.94. The Morgan fingerprint density at radius 2 is 1.20 bits per heavy atom. The maximum absolute atomic E-state index is 9.56. The zero-order valence-corrected chi connectivity index (χ0v) is 16.5. The van der Waals surface area contributed by atoms with Gasteiger partial charge in [0, 0.05) is 5.57 Å². The molecule has 0 amide bonds. The lowest BCUT2D eigenvalue weighted by atomic mass is 9.90. The molecular weight excluding hydrogens is 364 g/mol. The van der Waals surface area contributed by atoms with Gasteiger partial charge >= 0.3 is 0 Å². The van der Waals surface area contributed by atoms with Crippen LogP contribution in [0.5, 0.6) is 0 Å². The normalized spacial score (nSPS) is 12.4. The molecular formula is C28H20N2. The molecule has 0 atom stereocenters. The molecule has 0 unspecified atom stereocenters. The molecule has 0 spiro atoms. The van der Waals surface area contributed by atoms with E-state index in [1.807, 2.05) is 54.6 Å². The van der Waals surface area contributed by atoms with Crippen molar-refractivity contribution in [2.24, 2.45) is 0 Å². The van der Waals surface area contributed by atoms with Crippen LogP contribution in [-0.2, 0) is 0 Å². The second-order valence-electron chi connectivity index (χ2n) is 7.13. The minimum atomic E-state index is 0.118. The van der Waals surface area contributed by atoms with E-state index in [2.05, 4.69) is 54.6 Å². The van der Waals surface area contributed by atoms with Crippen LogP contribution in [0.15, 0.2) is 103 Å². The van der Waals surface area contributed by atoms with Crippen LogP contribution in [0.3, 0.4) is 0 Å². The van der Waals surface area contributed by atoms with Crippen molar-refractivity contribution in [3.63, 3.8) is 0 Å². The monoisotopic (exact) mass is 384 g/mol. The fourth-order valence-corrected chi connectivity index (χ4v) is 3.71. The lowest BCUT2D eigenvalue weighted by molar-refractivity contribution is 1.04. The average molecular weight is 384 g/mol. The summed E-state index contributed by atoms with van der Waals surface area (Å²) in [6.07, 6.45) is 8.71. The molecule has 1 aliphatic carbocycles. The zero-order valence-electron chi connectivity index (χ0n) is 16.5. The van der Waals surface area contributed by atoms with Gasteiger partial charge in [0.25, 0.3) is 0 Å². The minimum absolute atomic E-state index is 0.118. The zero-order chi connectivity index (χ0) is 20.8. The molecule has 30 heavy (non-hydrogen) atoms. The third-order valence-electron chi connectivity index (χ3n) is 5.26. The van der Waals surface area contributed by atoms with Gasteiger partial charge in [-0.25, -0.2) is 0 Å². The summed E-state index contributed by atoms with van der Waals surface area (Å²) in [6.45, 7) is 0. The molecule has 0 aromatic heterocycles. The van der Waals surface area contributed by atoms with Gasteiger partial charge in [-0.3, -0.25) is 0 Å². The molecule has 0 N–H and O–H groups in total. The van der Waals surface area contributed by atoms with Gasteiger partial charge in [-0.2, -0.15) is 10.5 Å². The molecule has 0 heterocycles. The largest absolute Gasteiger partial charge is 0.192 e. The number of hydrogen-bond acceptors (Lipinski definition) is 2. The third-order valence-corrected chi connectivity index (χ3v) is 5.26. The van der Waals surface area contributed by atoms with Crippen LogP contribution in [0.2, 0.25) is 0 Å². The highest BCUT2D eigenvalue weighted by atomic mass is 14.3. The van der Waals surface area contributed by atoms with Crippen molar-refractivity contribution < 1.29 is 0 Å². The lowest BCUT2D eigenvalue weighted by Gasteiger charge is -2.12. The molecule has 0 aliphatic heterocycles. The van der Waals surface area contributed by atoms with Crippen LogP contribution >= 0.6 is 0 Å². The van der Waals surface area contributed by atoms with Crippen molar-refractivity contribution in [1.29, 1.82) is 10.5 Å². The first kappa shape index (κ1) is 19.2. The fourth-order valence-electron chi connectivity index (χ4n) is 3.71. The lowest BCUT2D eigenvalue weighted by Crippen LogP contribution is -1.94. The molecule has 0 saturated heterocycles. The van der Waals surface area contributed by atoms with Crippen molar-refractivity contribution in [2.45, 2.75) is 12.8 Å². The summed E-state index contributed by atoms with van der Waals surface area (Å²) < 4.78 is 0. The van der Waals surface area contributed by atoms with Gasteiger partial charge in [-0.15, -0.1) is 0 Å². The molecule has 4 rings (SSSR count). The van der Waals surface area contributed by atoms with Crippen molar-refractivity contribution >= 4 is 11.1 Å². The van der Waals surface area contributed by atoms with Gasteiger partial charge in [-0.05, 0) is 46.2 Å². The smallest absolute Gasteiger partial charge is 0.138 e. The highest BCUT2D eigenvalue weighted by molar-refractivity contribution is 5.88. The number of allylic oxidation sites excluding steroid dienone is 5. The third kappa shape index (κ3) is 4.00. The van der Waals surface area contributed by atoms with E-state index in [9.17, 15) is 10.5 Å². The first-order valence-electron chi connectivity index (χ1n) is 9.98. The summed E-state index contributed by atoms with van der Waals surface area (Å²) in [5.41, 5.74) is 7.10. The summed E-state index contributed by atoms with van der Waals surface area (Å²) in [7, 11) is 0. The van der Waals surface area contributed by atoms with Crippen molar-refractivity contribution in [1.82, 2.24) is 0 Å². The van der Waals surface area contributed by atoms with Crippen LogP contribution in [0.4, 0.5) is 0 Å². The second kappa shape index (κ2) is 8.91. The first-order valence-corrected chi connectivity index (χ1v) is 9.98. The van der Waals surface area contributed by atoms with Gasteiger partial charge in [0.15, 0.2) is 0 Å². The number of hydrogen-bond donors (Lipinski definition) is 0. The van der Waals surface area contributed by atoms with Crippen LogP contribution in [0.1, 0.15) is 29.5 Å². The van der Waals surface area contributed by atoms with Crippen LogP contribution in [0.25, 0.3) is 22.3 Å². The molecule has 0 radical (unpaired) electrons. The molecule has 3 aromatic rings. The van der Waals surface area contributed by atoms with E-state index in [-0.39, 0.29) is 5.57 Å². The van der Waals surface area contributed by atoms with E-state index in [1.54, 1.807) is 0 Å². The highest BCUT2D eigenvalue weighted by Gasteiger charge is 2.13. The Balaban J connectivity index is 1.73. The first-order chi connectivity index (χ1) is 14.8. The number of rotatable bonds is 4. The molecule has 0 fully saturated rings. The summed E-state index contributed by atoms with van der Waals surface area (Å²) in [4.78, 5) is 0. The summed E-state index contributed by atoms with van der Waals surface area (Å²) in [5.74, 6) is 0. The number of nitriles is 2. The predicted molar refractivity (Wildman–Crippen MR) is 122 cm³/mol. The molecule has 0 saturated carbocycles. The topological polar surface area (TPSA) is 47.6 Å². The van der Waals surface area contributed by atoms with E-state index in [0.717, 1.165) is 40.7 Å². The van der Waals surface area contributed by atoms with Gasteiger partial charge in [0.05, 0.1) is 0 Å². The highest BCUT2D eigenvalue weighted by Crippen LogP contribution is 2.31. The average Bonchev–Trinajstić information content (AvgIpc) is 2.84. The Morgan fingerprint density at radius 3 is 1.73 bits per heavy atom. The summed E-state index contributed by atoms with van der Waals surface area (Å²) in [6, 6.07) is 30.4. The Bertz CT molecular complexity index is 1200. The standard InChI is InChI=1S/C28H20N2/c29-19-27(20-30)28(25-15-11-23(12-16-25)21-7-3-1-4-8-21)26-17-13-24(14-18-26)22-9-5-2-6-10-22/h1,3-5,7-18H,2,6H2.